The minimum Gasteiger partial charge on any atom is -0.349 e. The number of nitrogens with zero attached hydrogens (tertiary/aromatic N) is 2. The smallest absolute Gasteiger partial charge is 0.251 e. The van der Waals surface area contributed by atoms with Crippen molar-refractivity contribution < 1.29 is 9.59 Å². The summed E-state index contributed by atoms with van der Waals surface area (Å²) in [6, 6.07) is 17.6. The number of carbonyl (C=O) groups excluding carboxylic acids is 2. The summed E-state index contributed by atoms with van der Waals surface area (Å²) in [7, 11) is 0. The van der Waals surface area contributed by atoms with Crippen molar-refractivity contribution in [3.63, 3.8) is 0 Å². The van der Waals surface area contributed by atoms with E-state index in [-0.39, 0.29) is 23.9 Å². The van der Waals surface area contributed by atoms with Gasteiger partial charge in [-0.25, -0.2) is 0 Å². The van der Waals surface area contributed by atoms with E-state index in [2.05, 4.69) is 22.3 Å². The molecule has 5 heteroatoms. The molecule has 0 bridgehead atoms. The van der Waals surface area contributed by atoms with Crippen LogP contribution >= 0.6 is 0 Å². The summed E-state index contributed by atoms with van der Waals surface area (Å²) in [5.41, 5.74) is 3.03. The minimum absolute atomic E-state index is 0.0156. The molecule has 2 aromatic rings. The van der Waals surface area contributed by atoms with Crippen molar-refractivity contribution in [3.05, 3.63) is 65.7 Å². The van der Waals surface area contributed by atoms with E-state index in [0.717, 1.165) is 51.0 Å². The molecule has 152 valence electrons. The lowest BCUT2D eigenvalue weighted by Crippen LogP contribution is -2.53. The van der Waals surface area contributed by atoms with E-state index in [0.29, 0.717) is 5.56 Å². The number of carbonyl (C=O) groups is 2. The maximum Gasteiger partial charge on any atom is 0.251 e. The highest BCUT2D eigenvalue weighted by atomic mass is 16.2. The van der Waals surface area contributed by atoms with Gasteiger partial charge < -0.3 is 10.2 Å². The zero-order chi connectivity index (χ0) is 20.2. The minimum atomic E-state index is -0.146. The van der Waals surface area contributed by atoms with Crippen LogP contribution in [0, 0.1) is 0 Å². The highest BCUT2D eigenvalue weighted by Crippen LogP contribution is 2.28. The topological polar surface area (TPSA) is 52.7 Å². The number of fused-ring (bicyclic) bond motifs is 1. The Balaban J connectivity index is 1.33. The first kappa shape index (κ1) is 19.6. The number of benzene rings is 2. The van der Waals surface area contributed by atoms with Gasteiger partial charge in [-0.15, -0.1) is 0 Å². The van der Waals surface area contributed by atoms with Crippen molar-refractivity contribution >= 4 is 17.5 Å². The number of hydrogen-bond donors (Lipinski definition) is 1. The van der Waals surface area contributed by atoms with E-state index in [1.807, 2.05) is 54.3 Å². The number of aryl methyl sites for hydroxylation is 1. The lowest BCUT2D eigenvalue weighted by molar-refractivity contribution is -0.123. The van der Waals surface area contributed by atoms with Crippen molar-refractivity contribution in [1.82, 2.24) is 10.2 Å². The van der Waals surface area contributed by atoms with Gasteiger partial charge in [-0.3, -0.25) is 14.5 Å². The Kier molecular flexibility index (Phi) is 5.95. The number of hydrogen-bond acceptors (Lipinski definition) is 3. The van der Waals surface area contributed by atoms with Gasteiger partial charge in [-0.2, -0.15) is 0 Å². The van der Waals surface area contributed by atoms with Gasteiger partial charge >= 0.3 is 0 Å². The van der Waals surface area contributed by atoms with Crippen molar-refractivity contribution in [2.24, 2.45) is 0 Å². The summed E-state index contributed by atoms with van der Waals surface area (Å²) < 4.78 is 0. The summed E-state index contributed by atoms with van der Waals surface area (Å²) in [5, 5.41) is 3.14. The monoisotopic (exact) mass is 391 g/mol. The lowest BCUT2D eigenvalue weighted by atomic mass is 9.99. The van der Waals surface area contributed by atoms with E-state index in [4.69, 9.17) is 0 Å². The predicted molar refractivity (Wildman–Crippen MR) is 115 cm³/mol. The second-order valence-corrected chi connectivity index (χ2v) is 8.05. The summed E-state index contributed by atoms with van der Waals surface area (Å²) >= 11 is 0. The first-order chi connectivity index (χ1) is 14.1. The first-order valence-corrected chi connectivity index (χ1v) is 10.6. The number of nitrogens with one attached hydrogen (secondary N) is 1. The predicted octanol–water partition coefficient (Wildman–Crippen LogP) is 3.25. The molecule has 0 radical (unpaired) electrons. The molecule has 29 heavy (non-hydrogen) atoms. The summed E-state index contributed by atoms with van der Waals surface area (Å²) in [5.74, 6) is 0.169. The van der Waals surface area contributed by atoms with Crippen molar-refractivity contribution in [2.75, 3.05) is 24.5 Å². The van der Waals surface area contributed by atoms with Crippen LogP contribution in [0.25, 0.3) is 0 Å². The van der Waals surface area contributed by atoms with Crippen LogP contribution in [0.1, 0.15) is 42.1 Å². The molecule has 0 aliphatic carbocycles. The van der Waals surface area contributed by atoms with Crippen LogP contribution in [-0.4, -0.2) is 48.4 Å². The molecule has 5 nitrogen and oxygen atoms in total. The highest BCUT2D eigenvalue weighted by Gasteiger charge is 2.32. The standard InChI is InChI=1S/C24H29N3O2/c1-18(24(29)27-15-7-11-19-8-5-6-12-22(19)27)26-16-13-21(14-17-26)25-23(28)20-9-3-2-4-10-20/h2-6,8-10,12,18,21H,7,11,13-17H2,1H3,(H,25,28). The fourth-order valence-corrected chi connectivity index (χ4v) is 4.43. The van der Waals surface area contributed by atoms with Crippen LogP contribution in [0.2, 0.25) is 0 Å². The van der Waals surface area contributed by atoms with E-state index >= 15 is 0 Å². The van der Waals surface area contributed by atoms with Crippen LogP contribution in [0.15, 0.2) is 54.6 Å². The van der Waals surface area contributed by atoms with Crippen molar-refractivity contribution in [3.8, 4) is 0 Å². The summed E-state index contributed by atoms with van der Waals surface area (Å²) in [6.07, 6.45) is 3.80. The SMILES string of the molecule is CC(C(=O)N1CCCc2ccccc21)N1CCC(NC(=O)c2ccccc2)CC1. The van der Waals surface area contributed by atoms with Gasteiger partial charge in [0.1, 0.15) is 0 Å². The zero-order valence-corrected chi connectivity index (χ0v) is 17.0. The van der Waals surface area contributed by atoms with Crippen LogP contribution in [0.3, 0.4) is 0 Å². The Bertz CT molecular complexity index is 859. The second-order valence-electron chi connectivity index (χ2n) is 8.05. The number of piperidine rings is 1. The molecular weight excluding hydrogens is 362 g/mol. The Morgan fingerprint density at radius 2 is 1.66 bits per heavy atom. The fourth-order valence-electron chi connectivity index (χ4n) is 4.43. The molecule has 2 aliphatic rings. The van der Waals surface area contributed by atoms with Crippen LogP contribution in [0.5, 0.6) is 0 Å². The maximum absolute atomic E-state index is 13.2. The summed E-state index contributed by atoms with van der Waals surface area (Å²) in [4.78, 5) is 29.8. The molecule has 4 rings (SSSR count). The molecule has 1 saturated heterocycles. The highest BCUT2D eigenvalue weighted by molar-refractivity contribution is 5.98. The molecule has 1 fully saturated rings. The number of anilines is 1. The Morgan fingerprint density at radius 3 is 2.41 bits per heavy atom. The van der Waals surface area contributed by atoms with Gasteiger partial charge in [0.2, 0.25) is 5.91 Å². The van der Waals surface area contributed by atoms with E-state index in [9.17, 15) is 9.59 Å². The third-order valence-electron chi connectivity index (χ3n) is 6.18. The molecule has 0 saturated carbocycles. The molecular formula is C24H29N3O2. The number of amides is 2. The molecule has 0 aromatic heterocycles. The third kappa shape index (κ3) is 4.35. The molecule has 2 aliphatic heterocycles. The average molecular weight is 392 g/mol. The molecule has 0 spiro atoms. The Labute approximate surface area is 172 Å². The largest absolute Gasteiger partial charge is 0.349 e. The average Bonchev–Trinajstić information content (AvgIpc) is 2.79. The van der Waals surface area contributed by atoms with Crippen molar-refractivity contribution in [2.45, 2.75) is 44.7 Å². The summed E-state index contributed by atoms with van der Waals surface area (Å²) in [6.45, 7) is 4.45. The van der Waals surface area contributed by atoms with Crippen LogP contribution < -0.4 is 10.2 Å². The number of likely N-dealkylation sites (tertiary alicyclic amines) is 1. The van der Waals surface area contributed by atoms with Gasteiger partial charge in [0.15, 0.2) is 0 Å². The molecule has 1 unspecified atom stereocenters. The molecule has 2 heterocycles. The number of rotatable bonds is 4. The first-order valence-electron chi connectivity index (χ1n) is 10.6. The van der Waals surface area contributed by atoms with Gasteiger partial charge in [0, 0.05) is 36.9 Å². The normalized spacial score (nSPS) is 18.7. The quantitative estimate of drug-likeness (QED) is 0.871. The second kappa shape index (κ2) is 8.78. The Morgan fingerprint density at radius 1 is 0.966 bits per heavy atom. The van der Waals surface area contributed by atoms with Crippen LogP contribution in [0.4, 0.5) is 5.69 Å². The lowest BCUT2D eigenvalue weighted by Gasteiger charge is -2.39. The molecule has 1 atom stereocenters. The maximum atomic E-state index is 13.2. The van der Waals surface area contributed by atoms with Gasteiger partial charge in [0.25, 0.3) is 5.91 Å². The van der Waals surface area contributed by atoms with Crippen molar-refractivity contribution in [1.29, 1.82) is 0 Å². The van der Waals surface area contributed by atoms with Gasteiger partial charge in [-0.1, -0.05) is 36.4 Å². The fraction of sp³-hybridized carbons (Fsp3) is 0.417. The molecule has 2 aromatic carbocycles. The van der Waals surface area contributed by atoms with E-state index in [1.54, 1.807) is 0 Å². The van der Waals surface area contributed by atoms with Crippen LogP contribution in [-0.2, 0) is 11.2 Å². The molecule has 1 N–H and O–H groups in total. The van der Waals surface area contributed by atoms with Gasteiger partial charge in [-0.05, 0) is 56.4 Å². The zero-order valence-electron chi connectivity index (χ0n) is 17.0. The third-order valence-corrected chi connectivity index (χ3v) is 6.18. The molecule has 2 amide bonds. The van der Waals surface area contributed by atoms with Gasteiger partial charge in [0.05, 0.1) is 6.04 Å². The van der Waals surface area contributed by atoms with E-state index in [1.165, 1.54) is 5.56 Å². The number of para-hydroxylation sites is 1. The Hall–Kier alpha value is -2.66. The van der Waals surface area contributed by atoms with E-state index < -0.39 is 0 Å².